The third kappa shape index (κ3) is 4.76. The minimum atomic E-state index is -0.629. The largest absolute Gasteiger partial charge is 0.490 e. The summed E-state index contributed by atoms with van der Waals surface area (Å²) in [5.74, 6) is 0.0747. The lowest BCUT2D eigenvalue weighted by atomic mass is 10.1. The van der Waals surface area contributed by atoms with E-state index >= 15 is 0 Å². The number of nitro benzene ring substituents is 1. The van der Waals surface area contributed by atoms with Crippen LogP contribution in [0.15, 0.2) is 60.7 Å². The number of nitrogens with zero attached hydrogens (tertiary/aromatic N) is 2. The first-order valence-corrected chi connectivity index (χ1v) is 10.3. The lowest BCUT2D eigenvalue weighted by molar-refractivity contribution is -0.385. The van der Waals surface area contributed by atoms with Crippen molar-refractivity contribution in [2.45, 2.75) is 0 Å². The Hall–Kier alpha value is -4.02. The van der Waals surface area contributed by atoms with E-state index in [0.29, 0.717) is 16.5 Å². The number of rotatable bonds is 5. The Bertz CT molecular complexity index is 1370. The van der Waals surface area contributed by atoms with Crippen LogP contribution in [0.4, 0.5) is 11.4 Å². The van der Waals surface area contributed by atoms with Crippen LogP contribution >= 0.6 is 23.8 Å². The average Bonchev–Trinajstić information content (AvgIpc) is 3.24. The molecule has 0 unspecified atom stereocenters. The van der Waals surface area contributed by atoms with Crippen LogP contribution in [0.25, 0.3) is 22.4 Å². The highest BCUT2D eigenvalue weighted by Crippen LogP contribution is 2.29. The Labute approximate surface area is 197 Å². The SMILES string of the molecule is COc1ccc(C(=O)NC(=S)Nc2cc(-c3nc4ccccc4[nH]3)ccc2Cl)cc1[N+](=O)[O-]. The number of nitro groups is 1. The van der Waals surface area contributed by atoms with Gasteiger partial charge < -0.3 is 15.0 Å². The number of halogens is 1. The normalized spacial score (nSPS) is 10.6. The summed E-state index contributed by atoms with van der Waals surface area (Å²) < 4.78 is 4.95. The van der Waals surface area contributed by atoms with Crippen molar-refractivity contribution in [2.24, 2.45) is 0 Å². The van der Waals surface area contributed by atoms with Crippen LogP contribution in [0.5, 0.6) is 5.75 Å². The molecule has 0 bridgehead atoms. The van der Waals surface area contributed by atoms with Gasteiger partial charge in [0.15, 0.2) is 10.9 Å². The molecule has 9 nitrogen and oxygen atoms in total. The molecule has 0 aliphatic heterocycles. The number of H-pyrrole nitrogens is 1. The number of imidazole rings is 1. The third-order valence-electron chi connectivity index (χ3n) is 4.74. The highest BCUT2D eigenvalue weighted by Gasteiger charge is 2.19. The second-order valence-electron chi connectivity index (χ2n) is 6.85. The van der Waals surface area contributed by atoms with Crippen molar-refractivity contribution in [3.05, 3.63) is 81.4 Å². The molecule has 11 heteroatoms. The van der Waals surface area contributed by atoms with E-state index in [-0.39, 0.29) is 22.1 Å². The molecule has 166 valence electrons. The first kappa shape index (κ1) is 22.2. The van der Waals surface area contributed by atoms with Crippen LogP contribution in [-0.4, -0.2) is 33.0 Å². The molecular formula is C22H16ClN5O4S. The summed E-state index contributed by atoms with van der Waals surface area (Å²) in [6, 6.07) is 16.7. The number of anilines is 1. The molecule has 3 N–H and O–H groups in total. The molecule has 33 heavy (non-hydrogen) atoms. The van der Waals surface area contributed by atoms with Gasteiger partial charge >= 0.3 is 5.69 Å². The number of amides is 1. The maximum absolute atomic E-state index is 12.5. The number of nitrogens with one attached hydrogen (secondary N) is 3. The molecule has 1 heterocycles. The van der Waals surface area contributed by atoms with Gasteiger partial charge in [-0.05, 0) is 54.7 Å². The maximum Gasteiger partial charge on any atom is 0.311 e. The minimum absolute atomic E-state index is 0.0258. The molecule has 0 saturated heterocycles. The molecular weight excluding hydrogens is 466 g/mol. The van der Waals surface area contributed by atoms with E-state index in [9.17, 15) is 14.9 Å². The van der Waals surface area contributed by atoms with Crippen LogP contribution in [-0.2, 0) is 0 Å². The smallest absolute Gasteiger partial charge is 0.311 e. The fourth-order valence-corrected chi connectivity index (χ4v) is 3.53. The predicted molar refractivity (Wildman–Crippen MR) is 130 cm³/mol. The summed E-state index contributed by atoms with van der Waals surface area (Å²) in [7, 11) is 1.31. The van der Waals surface area contributed by atoms with Gasteiger partial charge in [0, 0.05) is 17.2 Å². The van der Waals surface area contributed by atoms with E-state index in [1.807, 2.05) is 30.3 Å². The van der Waals surface area contributed by atoms with Gasteiger partial charge in [-0.3, -0.25) is 20.2 Å². The highest BCUT2D eigenvalue weighted by molar-refractivity contribution is 7.80. The summed E-state index contributed by atoms with van der Waals surface area (Å²) in [5, 5.41) is 16.9. The van der Waals surface area contributed by atoms with Gasteiger partial charge in [0.05, 0.1) is 33.8 Å². The minimum Gasteiger partial charge on any atom is -0.490 e. The van der Waals surface area contributed by atoms with Crippen molar-refractivity contribution in [2.75, 3.05) is 12.4 Å². The lowest BCUT2D eigenvalue weighted by Gasteiger charge is -2.12. The molecule has 0 atom stereocenters. The third-order valence-corrected chi connectivity index (χ3v) is 5.28. The van der Waals surface area contributed by atoms with Crippen molar-refractivity contribution in [3.8, 4) is 17.1 Å². The summed E-state index contributed by atoms with van der Waals surface area (Å²) >= 11 is 11.5. The number of thiocarbonyl (C=S) groups is 1. The quantitative estimate of drug-likeness (QED) is 0.210. The monoisotopic (exact) mass is 481 g/mol. The summed E-state index contributed by atoms with van der Waals surface area (Å²) in [6.07, 6.45) is 0. The fraction of sp³-hybridized carbons (Fsp3) is 0.0455. The van der Waals surface area contributed by atoms with E-state index in [1.165, 1.54) is 19.2 Å². The number of methoxy groups -OCH3 is 1. The van der Waals surface area contributed by atoms with Crippen molar-refractivity contribution in [1.29, 1.82) is 0 Å². The van der Waals surface area contributed by atoms with Crippen LogP contribution in [0.2, 0.25) is 5.02 Å². The second kappa shape index (κ2) is 9.23. The van der Waals surface area contributed by atoms with Crippen molar-refractivity contribution in [3.63, 3.8) is 0 Å². The average molecular weight is 482 g/mol. The molecule has 0 saturated carbocycles. The molecule has 4 aromatic rings. The zero-order valence-electron chi connectivity index (χ0n) is 17.1. The standard InChI is InChI=1S/C22H16ClN5O4S/c1-32-19-9-7-13(11-18(19)28(30)31)21(29)27-22(33)26-17-10-12(6-8-14(17)23)20-24-15-4-2-3-5-16(15)25-20/h2-11H,1H3,(H,24,25)(H2,26,27,29,33). The zero-order valence-corrected chi connectivity index (χ0v) is 18.7. The van der Waals surface area contributed by atoms with E-state index in [2.05, 4.69) is 20.6 Å². The van der Waals surface area contributed by atoms with Gasteiger partial charge in [-0.2, -0.15) is 0 Å². The number of aromatic amines is 1. The fourth-order valence-electron chi connectivity index (χ4n) is 3.16. The first-order valence-electron chi connectivity index (χ1n) is 9.55. The Morgan fingerprint density at radius 3 is 2.70 bits per heavy atom. The van der Waals surface area contributed by atoms with Crippen LogP contribution in [0, 0.1) is 10.1 Å². The Balaban J connectivity index is 1.51. The van der Waals surface area contributed by atoms with Crippen LogP contribution in [0.3, 0.4) is 0 Å². The first-order chi connectivity index (χ1) is 15.9. The summed E-state index contributed by atoms with van der Waals surface area (Å²) in [5.41, 5.74) is 2.67. The molecule has 3 aromatic carbocycles. The van der Waals surface area contributed by atoms with E-state index < -0.39 is 10.8 Å². The predicted octanol–water partition coefficient (Wildman–Crippen LogP) is 4.93. The Morgan fingerprint density at radius 2 is 1.97 bits per heavy atom. The molecule has 0 fully saturated rings. The number of hydrogen-bond donors (Lipinski definition) is 3. The molecule has 0 spiro atoms. The van der Waals surface area contributed by atoms with Gasteiger partial charge in [0.25, 0.3) is 5.91 Å². The molecule has 0 aliphatic rings. The number of carbonyl (C=O) groups is 1. The Kier molecular flexibility index (Phi) is 6.20. The van der Waals surface area contributed by atoms with Crippen molar-refractivity contribution in [1.82, 2.24) is 15.3 Å². The topological polar surface area (TPSA) is 122 Å². The number of hydrogen-bond acceptors (Lipinski definition) is 6. The molecule has 0 radical (unpaired) electrons. The number of fused-ring (bicyclic) bond motifs is 1. The van der Waals surface area contributed by atoms with Gasteiger partial charge in [0.2, 0.25) is 0 Å². The van der Waals surface area contributed by atoms with Gasteiger partial charge in [-0.25, -0.2) is 4.98 Å². The van der Waals surface area contributed by atoms with E-state index in [0.717, 1.165) is 22.7 Å². The maximum atomic E-state index is 12.5. The number of carbonyl (C=O) groups excluding carboxylic acids is 1. The Morgan fingerprint density at radius 1 is 1.18 bits per heavy atom. The number of aromatic nitrogens is 2. The molecule has 0 aliphatic carbocycles. The van der Waals surface area contributed by atoms with E-state index in [4.69, 9.17) is 28.6 Å². The number of ether oxygens (including phenoxy) is 1. The second-order valence-corrected chi connectivity index (χ2v) is 7.66. The molecule has 1 aromatic heterocycles. The van der Waals surface area contributed by atoms with Gasteiger partial charge in [-0.1, -0.05) is 23.7 Å². The summed E-state index contributed by atoms with van der Waals surface area (Å²) in [6.45, 7) is 0. The molecule has 1 amide bonds. The highest BCUT2D eigenvalue weighted by atomic mass is 35.5. The van der Waals surface area contributed by atoms with Gasteiger partial charge in [0.1, 0.15) is 5.82 Å². The van der Waals surface area contributed by atoms with Crippen LogP contribution in [0.1, 0.15) is 10.4 Å². The number of benzene rings is 3. The van der Waals surface area contributed by atoms with Crippen LogP contribution < -0.4 is 15.4 Å². The zero-order chi connectivity index (χ0) is 23.5. The number of para-hydroxylation sites is 2. The van der Waals surface area contributed by atoms with Crippen molar-refractivity contribution >= 4 is 57.2 Å². The summed E-state index contributed by atoms with van der Waals surface area (Å²) in [4.78, 5) is 30.9. The lowest BCUT2D eigenvalue weighted by Crippen LogP contribution is -2.34. The van der Waals surface area contributed by atoms with Crippen molar-refractivity contribution < 1.29 is 14.5 Å². The van der Waals surface area contributed by atoms with E-state index in [1.54, 1.807) is 12.1 Å². The van der Waals surface area contributed by atoms with Gasteiger partial charge in [-0.15, -0.1) is 0 Å². The molecule has 4 rings (SSSR count).